The fourth-order valence-electron chi connectivity index (χ4n) is 2.21. The minimum absolute atomic E-state index is 0.219. The molecule has 100 valence electrons. The van der Waals surface area contributed by atoms with E-state index >= 15 is 0 Å². The van der Waals surface area contributed by atoms with Gasteiger partial charge in [0.2, 0.25) is 5.91 Å². The van der Waals surface area contributed by atoms with Crippen molar-refractivity contribution in [1.29, 1.82) is 5.26 Å². The van der Waals surface area contributed by atoms with E-state index in [1.807, 2.05) is 0 Å². The van der Waals surface area contributed by atoms with E-state index in [9.17, 15) is 9.59 Å². The molecule has 0 fully saturated rings. The van der Waals surface area contributed by atoms with Crippen molar-refractivity contribution in [2.45, 2.75) is 32.1 Å². The molecule has 1 N–H and O–H groups in total. The number of anilines is 1. The molecule has 0 unspecified atom stereocenters. The maximum absolute atomic E-state index is 11.9. The van der Waals surface area contributed by atoms with Crippen LogP contribution in [0.2, 0.25) is 0 Å². The van der Waals surface area contributed by atoms with Gasteiger partial charge in [-0.05, 0) is 31.2 Å². The Morgan fingerprint density at radius 1 is 1.42 bits per heavy atom. The van der Waals surface area contributed by atoms with Gasteiger partial charge in [0, 0.05) is 4.88 Å². The molecule has 1 amide bonds. The second-order valence-electron chi connectivity index (χ2n) is 4.29. The number of ether oxygens (including phenoxy) is 1. The number of nitrogens with one attached hydrogen (secondary N) is 1. The predicted molar refractivity (Wildman–Crippen MR) is 71.2 cm³/mol. The number of esters is 1. The first-order valence-corrected chi connectivity index (χ1v) is 6.88. The molecule has 0 spiro atoms. The fraction of sp³-hybridized carbons (Fsp3) is 0.462. The quantitative estimate of drug-likeness (QED) is 0.860. The van der Waals surface area contributed by atoms with Crippen LogP contribution in [0.1, 0.15) is 40.1 Å². The molecule has 0 aromatic carbocycles. The number of hydrogen-bond acceptors (Lipinski definition) is 5. The number of nitriles is 1. The Hall–Kier alpha value is -1.87. The molecule has 1 aromatic rings. The van der Waals surface area contributed by atoms with Crippen molar-refractivity contribution >= 4 is 28.2 Å². The van der Waals surface area contributed by atoms with Crippen molar-refractivity contribution in [2.24, 2.45) is 0 Å². The minimum Gasteiger partial charge on any atom is -0.465 e. The molecule has 0 bridgehead atoms. The SMILES string of the molecule is COC(=O)c1c(NC(=O)CC#N)sc2c1CCCC2. The van der Waals surface area contributed by atoms with E-state index in [2.05, 4.69) is 5.32 Å². The summed E-state index contributed by atoms with van der Waals surface area (Å²) in [5.74, 6) is -0.821. The van der Waals surface area contributed by atoms with E-state index in [0.29, 0.717) is 10.6 Å². The third-order valence-corrected chi connectivity index (χ3v) is 4.26. The Balaban J connectivity index is 2.36. The highest BCUT2D eigenvalue weighted by molar-refractivity contribution is 7.17. The van der Waals surface area contributed by atoms with Gasteiger partial charge >= 0.3 is 5.97 Å². The van der Waals surface area contributed by atoms with Crippen LogP contribution in [0.5, 0.6) is 0 Å². The second-order valence-corrected chi connectivity index (χ2v) is 5.39. The average Bonchev–Trinajstić information content (AvgIpc) is 2.75. The summed E-state index contributed by atoms with van der Waals surface area (Å²) in [5, 5.41) is 11.7. The standard InChI is InChI=1S/C13H14N2O3S/c1-18-13(17)11-8-4-2-3-5-9(8)19-12(11)15-10(16)6-7-14/h2-6H2,1H3,(H,15,16). The first-order valence-electron chi connectivity index (χ1n) is 6.07. The van der Waals surface area contributed by atoms with Gasteiger partial charge in [0.15, 0.2) is 0 Å². The highest BCUT2D eigenvalue weighted by Gasteiger charge is 2.26. The molecule has 19 heavy (non-hydrogen) atoms. The van der Waals surface area contributed by atoms with Gasteiger partial charge in [-0.15, -0.1) is 11.3 Å². The number of hydrogen-bond donors (Lipinski definition) is 1. The predicted octanol–water partition coefficient (Wildman–Crippen LogP) is 2.27. The van der Waals surface area contributed by atoms with Crippen molar-refractivity contribution in [1.82, 2.24) is 0 Å². The number of carbonyl (C=O) groups is 2. The summed E-state index contributed by atoms with van der Waals surface area (Å²) in [6.07, 6.45) is 3.69. The molecule has 2 rings (SSSR count). The summed E-state index contributed by atoms with van der Waals surface area (Å²) >= 11 is 1.42. The van der Waals surface area contributed by atoms with Crippen LogP contribution in [-0.2, 0) is 22.4 Å². The van der Waals surface area contributed by atoms with Crippen LogP contribution in [0.15, 0.2) is 0 Å². The zero-order valence-corrected chi connectivity index (χ0v) is 11.4. The summed E-state index contributed by atoms with van der Waals surface area (Å²) in [5.41, 5.74) is 1.46. The van der Waals surface area contributed by atoms with Crippen molar-refractivity contribution < 1.29 is 14.3 Å². The van der Waals surface area contributed by atoms with E-state index in [1.165, 1.54) is 18.4 Å². The molecule has 0 aliphatic heterocycles. The number of carbonyl (C=O) groups excluding carboxylic acids is 2. The zero-order valence-electron chi connectivity index (χ0n) is 10.6. The lowest BCUT2D eigenvalue weighted by Crippen LogP contribution is -2.14. The Morgan fingerprint density at radius 3 is 2.84 bits per heavy atom. The third-order valence-electron chi connectivity index (χ3n) is 3.05. The molecule has 0 atom stereocenters. The van der Waals surface area contributed by atoms with Crippen LogP contribution in [0.4, 0.5) is 5.00 Å². The molecule has 0 radical (unpaired) electrons. The maximum atomic E-state index is 11.9. The van der Waals surface area contributed by atoms with Crippen LogP contribution >= 0.6 is 11.3 Å². The molecule has 1 heterocycles. The Kier molecular flexibility index (Phi) is 4.17. The maximum Gasteiger partial charge on any atom is 0.341 e. The lowest BCUT2D eigenvalue weighted by molar-refractivity contribution is -0.115. The van der Waals surface area contributed by atoms with Crippen molar-refractivity contribution in [2.75, 3.05) is 12.4 Å². The number of rotatable bonds is 3. The summed E-state index contributed by atoms with van der Waals surface area (Å²) in [6, 6.07) is 1.79. The van der Waals surface area contributed by atoms with Gasteiger partial charge in [0.25, 0.3) is 0 Å². The lowest BCUT2D eigenvalue weighted by atomic mass is 9.95. The summed E-state index contributed by atoms with van der Waals surface area (Å²) < 4.78 is 4.79. The number of fused-ring (bicyclic) bond motifs is 1. The normalized spacial score (nSPS) is 13.3. The molecular formula is C13H14N2O3S. The topological polar surface area (TPSA) is 79.2 Å². The summed E-state index contributed by atoms with van der Waals surface area (Å²) in [7, 11) is 1.33. The van der Waals surface area contributed by atoms with Crippen LogP contribution in [0.3, 0.4) is 0 Å². The van der Waals surface area contributed by atoms with Gasteiger partial charge in [0.1, 0.15) is 11.4 Å². The smallest absolute Gasteiger partial charge is 0.341 e. The Bertz CT molecular complexity index is 557. The number of aryl methyl sites for hydroxylation is 1. The Morgan fingerprint density at radius 2 is 2.16 bits per heavy atom. The number of amides is 1. The van der Waals surface area contributed by atoms with Crippen LogP contribution < -0.4 is 5.32 Å². The largest absolute Gasteiger partial charge is 0.465 e. The monoisotopic (exact) mass is 278 g/mol. The van der Waals surface area contributed by atoms with Crippen LogP contribution in [-0.4, -0.2) is 19.0 Å². The lowest BCUT2D eigenvalue weighted by Gasteiger charge is -2.11. The summed E-state index contributed by atoms with van der Waals surface area (Å²) in [6.45, 7) is 0. The van der Waals surface area contributed by atoms with Crippen molar-refractivity contribution in [3.8, 4) is 6.07 Å². The number of thiophene rings is 1. The number of nitrogens with zero attached hydrogens (tertiary/aromatic N) is 1. The van der Waals surface area contributed by atoms with E-state index in [4.69, 9.17) is 10.00 Å². The van der Waals surface area contributed by atoms with Gasteiger partial charge in [0.05, 0.1) is 18.7 Å². The molecule has 5 nitrogen and oxygen atoms in total. The Labute approximate surface area is 115 Å². The molecule has 6 heteroatoms. The summed E-state index contributed by atoms with van der Waals surface area (Å²) in [4.78, 5) is 24.5. The molecule has 0 saturated carbocycles. The highest BCUT2D eigenvalue weighted by atomic mass is 32.1. The third kappa shape index (κ3) is 2.76. The van der Waals surface area contributed by atoms with E-state index < -0.39 is 11.9 Å². The van der Waals surface area contributed by atoms with Crippen LogP contribution in [0.25, 0.3) is 0 Å². The number of methoxy groups -OCH3 is 1. The first-order chi connectivity index (χ1) is 9.17. The molecule has 1 aromatic heterocycles. The van der Waals surface area contributed by atoms with Gasteiger partial charge in [-0.1, -0.05) is 0 Å². The van der Waals surface area contributed by atoms with Gasteiger partial charge in [-0.2, -0.15) is 5.26 Å². The molecule has 1 aliphatic rings. The molecular weight excluding hydrogens is 264 g/mol. The fourth-order valence-corrected chi connectivity index (χ4v) is 3.51. The average molecular weight is 278 g/mol. The van der Waals surface area contributed by atoms with Gasteiger partial charge < -0.3 is 10.1 Å². The highest BCUT2D eigenvalue weighted by Crippen LogP contribution is 2.38. The first kappa shape index (κ1) is 13.6. The van der Waals surface area contributed by atoms with E-state index in [-0.39, 0.29) is 6.42 Å². The minimum atomic E-state index is -0.424. The van der Waals surface area contributed by atoms with Gasteiger partial charge in [-0.25, -0.2) is 4.79 Å². The second kappa shape index (κ2) is 5.85. The van der Waals surface area contributed by atoms with Gasteiger partial charge in [-0.3, -0.25) is 4.79 Å². The zero-order chi connectivity index (χ0) is 13.8. The van der Waals surface area contributed by atoms with E-state index in [1.54, 1.807) is 6.07 Å². The van der Waals surface area contributed by atoms with Crippen molar-refractivity contribution in [3.63, 3.8) is 0 Å². The molecule has 0 saturated heterocycles. The van der Waals surface area contributed by atoms with E-state index in [0.717, 1.165) is 36.1 Å². The van der Waals surface area contributed by atoms with Crippen LogP contribution in [0, 0.1) is 11.3 Å². The molecule has 1 aliphatic carbocycles. The van der Waals surface area contributed by atoms with Crippen molar-refractivity contribution in [3.05, 3.63) is 16.0 Å².